The van der Waals surface area contributed by atoms with Crippen molar-refractivity contribution in [3.8, 4) is 5.75 Å². The minimum absolute atomic E-state index is 0.0316. The first-order valence-electron chi connectivity index (χ1n) is 14.7. The highest BCUT2D eigenvalue weighted by Crippen LogP contribution is 2.12. The molecule has 4 atom stereocenters. The van der Waals surface area contributed by atoms with Crippen LogP contribution in [0.3, 0.4) is 0 Å². The highest BCUT2D eigenvalue weighted by Gasteiger charge is 2.32. The minimum Gasteiger partial charge on any atom is -0.508 e. The van der Waals surface area contributed by atoms with Gasteiger partial charge in [0.1, 0.15) is 29.9 Å². The highest BCUT2D eigenvalue weighted by molar-refractivity contribution is 6.28. The highest BCUT2D eigenvalue weighted by atomic mass is 16.4. The van der Waals surface area contributed by atoms with E-state index in [1.165, 1.54) is 45.6 Å². The van der Waals surface area contributed by atoms with Crippen LogP contribution in [-0.2, 0) is 35.2 Å². The van der Waals surface area contributed by atoms with Gasteiger partial charge in [-0.3, -0.25) is 28.8 Å². The van der Waals surface area contributed by atoms with Crippen LogP contribution in [0.2, 0.25) is 0 Å². The lowest BCUT2D eigenvalue weighted by Crippen LogP contribution is -2.58. The quantitative estimate of drug-likeness (QED) is 0.0784. The Morgan fingerprint density at radius 2 is 1.40 bits per heavy atom. The van der Waals surface area contributed by atoms with Gasteiger partial charge in [0.05, 0.1) is 6.42 Å². The Labute approximate surface area is 263 Å². The van der Waals surface area contributed by atoms with Crippen LogP contribution in [0.15, 0.2) is 24.3 Å². The molecule has 15 nitrogen and oxygen atoms in total. The molecule has 0 fully saturated rings. The minimum atomic E-state index is -1.53. The predicted molar refractivity (Wildman–Crippen MR) is 166 cm³/mol. The fourth-order valence-electron chi connectivity index (χ4n) is 3.99. The Morgan fingerprint density at radius 1 is 0.844 bits per heavy atom. The first kappa shape index (κ1) is 40.4. The fourth-order valence-corrected chi connectivity index (χ4v) is 3.99. The van der Waals surface area contributed by atoms with Crippen LogP contribution >= 0.6 is 0 Å². The van der Waals surface area contributed by atoms with Gasteiger partial charge < -0.3 is 41.9 Å². The van der Waals surface area contributed by atoms with Gasteiger partial charge >= 0.3 is 12.2 Å². The largest absolute Gasteiger partial charge is 0.508 e. The van der Waals surface area contributed by atoms with E-state index < -0.39 is 71.9 Å². The van der Waals surface area contributed by atoms with E-state index >= 15 is 0 Å². The Morgan fingerprint density at radius 3 is 1.82 bits per heavy atom. The van der Waals surface area contributed by atoms with Crippen LogP contribution in [0.5, 0.6) is 5.75 Å². The van der Waals surface area contributed by atoms with Crippen molar-refractivity contribution in [2.24, 2.45) is 5.92 Å². The third-order valence-corrected chi connectivity index (χ3v) is 6.63. The molecule has 0 radical (unpaired) electrons. The number of rotatable bonds is 17. The zero-order valence-corrected chi connectivity index (χ0v) is 27.0. The molecule has 0 heterocycles. The number of nitrogens with one attached hydrogen (secondary N) is 4. The van der Waals surface area contributed by atoms with Crippen LogP contribution in [0.25, 0.3) is 5.53 Å². The summed E-state index contributed by atoms with van der Waals surface area (Å²) in [6.45, 7) is 16.0. The van der Waals surface area contributed by atoms with Gasteiger partial charge in [-0.15, -0.1) is 0 Å². The van der Waals surface area contributed by atoms with Gasteiger partial charge in [0, 0.05) is 13.3 Å². The van der Waals surface area contributed by atoms with Crippen molar-refractivity contribution in [3.05, 3.63) is 35.4 Å². The van der Waals surface area contributed by atoms with Gasteiger partial charge in [-0.05, 0) is 50.2 Å². The number of carbonyl (C=O) groups is 6. The van der Waals surface area contributed by atoms with Gasteiger partial charge in [0.25, 0.3) is 5.78 Å². The van der Waals surface area contributed by atoms with E-state index in [1.807, 2.05) is 0 Å². The lowest BCUT2D eigenvalue weighted by Gasteiger charge is -2.26. The number of carbonyl (C=O) groups excluding carboxylic acids is 5. The molecule has 0 spiro atoms. The zero-order chi connectivity index (χ0) is 34.7. The van der Waals surface area contributed by atoms with Crippen LogP contribution < -0.4 is 21.3 Å². The second kappa shape index (κ2) is 21.1. The van der Waals surface area contributed by atoms with E-state index in [2.05, 4.69) is 51.7 Å². The average Bonchev–Trinajstić information content (AvgIpc) is 2.96. The molecular formula is C30H47N7O8. The summed E-state index contributed by atoms with van der Waals surface area (Å²) in [6, 6.07) is 1.10. The number of amides is 4. The maximum absolute atomic E-state index is 13.0. The lowest BCUT2D eigenvalue weighted by molar-refractivity contribution is -0.140. The number of aliphatic carboxylic acids is 1. The molecule has 0 aliphatic heterocycles. The Hall–Kier alpha value is -4.62. The summed E-state index contributed by atoms with van der Waals surface area (Å²) in [4.78, 5) is 78.0. The molecule has 15 heteroatoms. The molecule has 6 N–H and O–H groups in total. The zero-order valence-electron chi connectivity index (χ0n) is 27.0. The van der Waals surface area contributed by atoms with E-state index in [4.69, 9.17) is 10.6 Å². The first-order chi connectivity index (χ1) is 21.1. The number of phenols is 1. The van der Waals surface area contributed by atoms with Gasteiger partial charge in [-0.2, -0.15) is 4.79 Å². The monoisotopic (exact) mass is 633 g/mol. The van der Waals surface area contributed by atoms with E-state index in [1.54, 1.807) is 26.0 Å². The molecule has 0 saturated carbocycles. The maximum Gasteiger partial charge on any atom is 0.325 e. The molecule has 1 unspecified atom stereocenters. The van der Waals surface area contributed by atoms with Crippen LogP contribution in [0.1, 0.15) is 60.5 Å². The molecule has 0 saturated heterocycles. The number of benzene rings is 1. The number of ketones is 1. The van der Waals surface area contributed by atoms with Gasteiger partial charge in [-0.25, -0.2) is 0 Å². The van der Waals surface area contributed by atoms with E-state index in [0.717, 1.165) is 0 Å². The van der Waals surface area contributed by atoms with Gasteiger partial charge in [0.15, 0.2) is 0 Å². The lowest BCUT2D eigenvalue weighted by atomic mass is 10.0. The number of hydrogen-bond acceptors (Lipinski definition) is 8. The summed E-state index contributed by atoms with van der Waals surface area (Å²) >= 11 is 0. The number of Topliss-reactive ketones (excluding diaryl/α,β-unsaturated/α-hetero) is 1. The number of phenolic OH excluding ortho intramolecular Hbond substituents is 1. The maximum atomic E-state index is 13.0. The first-order valence-corrected chi connectivity index (χ1v) is 14.7. The second-order valence-electron chi connectivity index (χ2n) is 10.5. The molecule has 4 amide bonds. The standard InChI is InChI=1S/C24H32N6O8.C6H15N/c1-12(2)21(30-23(37)18(28-14(4)31)9-15-5-7-16(32)8-6-15)24(38)27-13(3)22(36)29-17(10-20(34)35)19(33)11-26-25;1-4-7(5-2)6-3/h5-8,11-13,17-18,21,32H,9-10H2,1-4H3,(H,27,38)(H,28,31)(H,29,36)(H,30,37)(H,34,35);4-6H2,1-3H3/t13-,17?,18-,21-;/m0./s1. The fraction of sp³-hybridized carbons (Fsp3) is 0.567. The Kier molecular flexibility index (Phi) is 19.0. The normalized spacial score (nSPS) is 13.1. The smallest absolute Gasteiger partial charge is 0.325 e. The molecule has 45 heavy (non-hydrogen) atoms. The predicted octanol–water partition coefficient (Wildman–Crippen LogP) is 0.262. The van der Waals surface area contributed by atoms with Gasteiger partial charge in [0.2, 0.25) is 23.6 Å². The van der Waals surface area contributed by atoms with Crippen LogP contribution in [0, 0.1) is 5.92 Å². The number of carboxylic acid groups (broad SMARTS) is 1. The second-order valence-corrected chi connectivity index (χ2v) is 10.5. The van der Waals surface area contributed by atoms with Crippen molar-refractivity contribution >= 4 is 41.6 Å². The molecule has 1 aromatic rings. The van der Waals surface area contributed by atoms with Crippen molar-refractivity contribution < 1.29 is 43.8 Å². The third kappa shape index (κ3) is 16.1. The third-order valence-electron chi connectivity index (χ3n) is 6.63. The summed E-state index contributed by atoms with van der Waals surface area (Å²) in [5.41, 5.74) is 9.15. The molecule has 0 aliphatic carbocycles. The summed E-state index contributed by atoms with van der Waals surface area (Å²) < 4.78 is 0. The number of carboxylic acids is 1. The molecule has 1 rings (SSSR count). The molecule has 1 aromatic carbocycles. The SMILES string of the molecule is CC(=O)N[C@@H](Cc1ccc(O)cc1)C(=O)N[C@H](C(=O)N[C@@H](C)C(=O)NC(CC(=O)O)C(=O)C=[N+]=[N-])C(C)C.CCN(CC)CC. The van der Waals surface area contributed by atoms with Crippen molar-refractivity contribution in [1.29, 1.82) is 0 Å². The average molecular weight is 634 g/mol. The van der Waals surface area contributed by atoms with Crippen LogP contribution in [0.4, 0.5) is 0 Å². The van der Waals surface area contributed by atoms with Crippen molar-refractivity contribution in [3.63, 3.8) is 0 Å². The molecule has 0 aromatic heterocycles. The van der Waals surface area contributed by atoms with E-state index in [-0.39, 0.29) is 12.2 Å². The summed E-state index contributed by atoms with van der Waals surface area (Å²) in [6.07, 6.45) is -0.258. The van der Waals surface area contributed by atoms with E-state index in [9.17, 15) is 33.9 Å². The van der Waals surface area contributed by atoms with Crippen molar-refractivity contribution in [2.45, 2.75) is 85.5 Å². The van der Waals surface area contributed by atoms with Gasteiger partial charge in [-0.1, -0.05) is 46.8 Å². The summed E-state index contributed by atoms with van der Waals surface area (Å²) in [5.74, 6) is -5.53. The Bertz CT molecular complexity index is 1190. The van der Waals surface area contributed by atoms with E-state index in [0.29, 0.717) is 11.8 Å². The van der Waals surface area contributed by atoms with Crippen LogP contribution in [-0.4, -0.2) is 105 Å². The molecular weight excluding hydrogens is 586 g/mol. The topological polar surface area (TPSA) is 231 Å². The molecule has 0 bridgehead atoms. The van der Waals surface area contributed by atoms with Crippen molar-refractivity contribution in [2.75, 3.05) is 19.6 Å². The number of hydrogen-bond donors (Lipinski definition) is 6. The summed E-state index contributed by atoms with van der Waals surface area (Å²) in [5, 5.41) is 28.1. The molecule has 0 aliphatic rings. The van der Waals surface area contributed by atoms with Crippen molar-refractivity contribution in [1.82, 2.24) is 26.2 Å². The summed E-state index contributed by atoms with van der Waals surface area (Å²) in [7, 11) is 0. The Balaban J connectivity index is 0.00000246. The molecule has 250 valence electrons. The number of nitrogens with zero attached hydrogens (tertiary/aromatic N) is 3. The number of aromatic hydroxyl groups is 1.